The molecular formula is C15H14N2OS2. The molecule has 1 N–H and O–H groups in total. The van der Waals surface area contributed by atoms with E-state index in [2.05, 4.69) is 40.2 Å². The molecule has 1 aromatic heterocycles. The summed E-state index contributed by atoms with van der Waals surface area (Å²) in [5.41, 5.74) is 1.16. The first kappa shape index (κ1) is 12.4. The third-order valence-corrected chi connectivity index (χ3v) is 5.95. The van der Waals surface area contributed by atoms with Gasteiger partial charge in [-0.15, -0.1) is 11.3 Å². The smallest absolute Gasteiger partial charge is 0.168 e. The molecular weight excluding hydrogens is 288 g/mol. The zero-order valence-electron chi connectivity index (χ0n) is 11.0. The fourth-order valence-corrected chi connectivity index (χ4v) is 4.97. The summed E-state index contributed by atoms with van der Waals surface area (Å²) in [7, 11) is 0. The standard InChI is InChI=1S/C15H14N2OS2/c1-9(18)14-13(17-7-6-16-15(17)20-14)12-8-10-4-2-3-5-11(10)19-12/h2-5,8-9,18H,6-7H2,1H3. The van der Waals surface area contributed by atoms with Crippen LogP contribution in [0, 0.1) is 0 Å². The van der Waals surface area contributed by atoms with E-state index in [1.807, 2.05) is 6.92 Å². The van der Waals surface area contributed by atoms with Crippen LogP contribution in [0.3, 0.4) is 0 Å². The average Bonchev–Trinajstić information content (AvgIpc) is 3.10. The Hall–Kier alpha value is -1.30. The minimum Gasteiger partial charge on any atom is -0.388 e. The number of aliphatic imine (C=N–C) groups is 1. The van der Waals surface area contributed by atoms with Crippen molar-refractivity contribution < 1.29 is 5.11 Å². The minimum atomic E-state index is -0.450. The van der Waals surface area contributed by atoms with Crippen LogP contribution >= 0.6 is 23.1 Å². The van der Waals surface area contributed by atoms with Crippen molar-refractivity contribution in [2.75, 3.05) is 13.1 Å². The van der Waals surface area contributed by atoms with Crippen molar-refractivity contribution in [2.45, 2.75) is 13.0 Å². The fraction of sp³-hybridized carbons (Fsp3) is 0.267. The molecule has 102 valence electrons. The zero-order valence-corrected chi connectivity index (χ0v) is 12.7. The summed E-state index contributed by atoms with van der Waals surface area (Å²) < 4.78 is 1.29. The van der Waals surface area contributed by atoms with Gasteiger partial charge in [-0.1, -0.05) is 30.0 Å². The molecule has 1 unspecified atom stereocenters. The molecule has 0 fully saturated rings. The molecule has 0 saturated carbocycles. The highest BCUT2D eigenvalue weighted by molar-refractivity contribution is 8.17. The molecule has 0 bridgehead atoms. The van der Waals surface area contributed by atoms with Crippen LogP contribution in [0.5, 0.6) is 0 Å². The van der Waals surface area contributed by atoms with Gasteiger partial charge in [0, 0.05) is 16.1 Å². The maximum absolute atomic E-state index is 10.1. The number of hydrogen-bond acceptors (Lipinski definition) is 5. The van der Waals surface area contributed by atoms with E-state index >= 15 is 0 Å². The average molecular weight is 302 g/mol. The fourth-order valence-electron chi connectivity index (χ4n) is 2.64. The number of benzene rings is 1. The number of thiophene rings is 1. The van der Waals surface area contributed by atoms with E-state index in [4.69, 9.17) is 0 Å². The van der Waals surface area contributed by atoms with Crippen LogP contribution in [0.1, 0.15) is 11.8 Å². The Morgan fingerprint density at radius 2 is 2.20 bits per heavy atom. The molecule has 1 aromatic carbocycles. The van der Waals surface area contributed by atoms with Gasteiger partial charge in [0.15, 0.2) is 5.17 Å². The van der Waals surface area contributed by atoms with Crippen LogP contribution in [0.2, 0.25) is 0 Å². The molecule has 2 aliphatic heterocycles. The van der Waals surface area contributed by atoms with Gasteiger partial charge in [-0.3, -0.25) is 4.99 Å². The quantitative estimate of drug-likeness (QED) is 0.924. The first-order valence-corrected chi connectivity index (χ1v) is 8.28. The molecule has 3 heterocycles. The second-order valence-electron chi connectivity index (χ2n) is 4.96. The summed E-state index contributed by atoms with van der Waals surface area (Å²) in [4.78, 5) is 9.01. The second kappa shape index (κ2) is 4.62. The summed E-state index contributed by atoms with van der Waals surface area (Å²) in [5, 5.41) is 12.4. The number of nitrogens with zero attached hydrogens (tertiary/aromatic N) is 2. The van der Waals surface area contributed by atoms with Crippen LogP contribution in [-0.2, 0) is 0 Å². The summed E-state index contributed by atoms with van der Waals surface area (Å²) in [6.45, 7) is 3.60. The molecule has 4 rings (SSSR count). The van der Waals surface area contributed by atoms with Crippen LogP contribution in [-0.4, -0.2) is 34.4 Å². The van der Waals surface area contributed by atoms with Crippen LogP contribution in [0.4, 0.5) is 0 Å². The number of aliphatic hydroxyl groups is 1. The predicted molar refractivity (Wildman–Crippen MR) is 87.0 cm³/mol. The Bertz CT molecular complexity index is 712. The molecule has 1 atom stereocenters. The van der Waals surface area contributed by atoms with Gasteiger partial charge in [-0.05, 0) is 24.4 Å². The van der Waals surface area contributed by atoms with E-state index in [9.17, 15) is 5.11 Å². The van der Waals surface area contributed by atoms with Crippen molar-refractivity contribution in [1.29, 1.82) is 0 Å². The third-order valence-electron chi connectivity index (χ3n) is 3.54. The van der Waals surface area contributed by atoms with Gasteiger partial charge in [-0.2, -0.15) is 0 Å². The normalized spacial score (nSPS) is 19.7. The largest absolute Gasteiger partial charge is 0.388 e. The van der Waals surface area contributed by atoms with Crippen LogP contribution < -0.4 is 0 Å². The van der Waals surface area contributed by atoms with Gasteiger partial charge in [0.25, 0.3) is 0 Å². The number of rotatable bonds is 2. The molecule has 0 saturated heterocycles. The van der Waals surface area contributed by atoms with Gasteiger partial charge in [0.1, 0.15) is 0 Å². The topological polar surface area (TPSA) is 35.8 Å². The summed E-state index contributed by atoms with van der Waals surface area (Å²) >= 11 is 3.40. The SMILES string of the molecule is CC(O)C1=C(c2cc3ccccc3s2)N2CCN=C2S1. The maximum Gasteiger partial charge on any atom is 0.168 e. The first-order chi connectivity index (χ1) is 9.74. The van der Waals surface area contributed by atoms with E-state index in [0.29, 0.717) is 0 Å². The van der Waals surface area contributed by atoms with E-state index in [1.54, 1.807) is 23.1 Å². The van der Waals surface area contributed by atoms with Crippen molar-refractivity contribution in [1.82, 2.24) is 4.90 Å². The lowest BCUT2D eigenvalue weighted by Crippen LogP contribution is -2.19. The lowest BCUT2D eigenvalue weighted by Gasteiger charge is -2.16. The summed E-state index contributed by atoms with van der Waals surface area (Å²) in [6.07, 6.45) is -0.450. The molecule has 2 aliphatic rings. The van der Waals surface area contributed by atoms with Crippen LogP contribution in [0.25, 0.3) is 15.8 Å². The molecule has 20 heavy (non-hydrogen) atoms. The molecule has 0 amide bonds. The van der Waals surface area contributed by atoms with Crippen molar-refractivity contribution in [3.05, 3.63) is 40.1 Å². The van der Waals surface area contributed by atoms with E-state index in [0.717, 1.165) is 28.9 Å². The maximum atomic E-state index is 10.1. The van der Waals surface area contributed by atoms with Gasteiger partial charge in [0.05, 0.1) is 23.2 Å². The summed E-state index contributed by atoms with van der Waals surface area (Å²) in [6, 6.07) is 10.6. The highest BCUT2D eigenvalue weighted by Crippen LogP contribution is 2.45. The molecule has 0 radical (unpaired) electrons. The van der Waals surface area contributed by atoms with E-state index in [-0.39, 0.29) is 0 Å². The van der Waals surface area contributed by atoms with Crippen molar-refractivity contribution in [3.63, 3.8) is 0 Å². The third kappa shape index (κ3) is 1.81. The molecule has 0 aliphatic carbocycles. The molecule has 5 heteroatoms. The number of fused-ring (bicyclic) bond motifs is 2. The van der Waals surface area contributed by atoms with Crippen molar-refractivity contribution >= 4 is 44.0 Å². The molecule has 0 spiro atoms. The lowest BCUT2D eigenvalue weighted by atomic mass is 10.2. The van der Waals surface area contributed by atoms with Gasteiger partial charge >= 0.3 is 0 Å². The number of aliphatic hydroxyl groups excluding tert-OH is 1. The number of amidine groups is 1. The van der Waals surface area contributed by atoms with Gasteiger partial charge < -0.3 is 10.0 Å². The highest BCUT2D eigenvalue weighted by atomic mass is 32.2. The summed E-state index contributed by atoms with van der Waals surface area (Å²) in [5.74, 6) is 0. The first-order valence-electron chi connectivity index (χ1n) is 6.65. The van der Waals surface area contributed by atoms with E-state index < -0.39 is 6.10 Å². The molecule has 2 aromatic rings. The zero-order chi connectivity index (χ0) is 13.7. The Morgan fingerprint density at radius 1 is 1.35 bits per heavy atom. The van der Waals surface area contributed by atoms with Crippen LogP contribution in [0.15, 0.2) is 40.2 Å². The Morgan fingerprint density at radius 3 is 3.00 bits per heavy atom. The second-order valence-corrected chi connectivity index (χ2v) is 7.05. The Kier molecular flexibility index (Phi) is 2.87. The Labute approximate surface area is 125 Å². The Balaban J connectivity index is 1.89. The minimum absolute atomic E-state index is 0.450. The number of thioether (sulfide) groups is 1. The van der Waals surface area contributed by atoms with E-state index in [1.165, 1.54) is 15.0 Å². The lowest BCUT2D eigenvalue weighted by molar-refractivity contribution is 0.240. The van der Waals surface area contributed by atoms with Crippen molar-refractivity contribution in [3.8, 4) is 0 Å². The predicted octanol–water partition coefficient (Wildman–Crippen LogP) is 3.37. The monoisotopic (exact) mass is 302 g/mol. The van der Waals surface area contributed by atoms with Crippen molar-refractivity contribution in [2.24, 2.45) is 4.99 Å². The van der Waals surface area contributed by atoms with Gasteiger partial charge in [-0.25, -0.2) is 0 Å². The highest BCUT2D eigenvalue weighted by Gasteiger charge is 2.35. The number of hydrogen-bond donors (Lipinski definition) is 1. The van der Waals surface area contributed by atoms with Gasteiger partial charge in [0.2, 0.25) is 0 Å². The molecule has 3 nitrogen and oxygen atoms in total.